The molecule has 4 rings (SSSR count). The quantitative estimate of drug-likeness (QED) is 0.701. The van der Waals surface area contributed by atoms with Crippen LogP contribution in [0.1, 0.15) is 12.6 Å². The van der Waals surface area contributed by atoms with Gasteiger partial charge >= 0.3 is 6.09 Å². The van der Waals surface area contributed by atoms with E-state index in [0.29, 0.717) is 44.1 Å². The Morgan fingerprint density at radius 3 is 2.91 bits per heavy atom. The van der Waals surface area contributed by atoms with Crippen LogP contribution in [0.3, 0.4) is 0 Å². The van der Waals surface area contributed by atoms with E-state index in [4.69, 9.17) is 4.74 Å². The molecule has 0 radical (unpaired) electrons. The number of nitrogens with one attached hydrogen (secondary N) is 2. The van der Waals surface area contributed by atoms with Crippen molar-refractivity contribution in [3.63, 3.8) is 0 Å². The average Bonchev–Trinajstić information content (AvgIpc) is 3.00. The van der Waals surface area contributed by atoms with Gasteiger partial charge in [0, 0.05) is 39.3 Å². The van der Waals surface area contributed by atoms with E-state index in [-0.39, 0.29) is 19.0 Å². The van der Waals surface area contributed by atoms with Crippen molar-refractivity contribution in [3.05, 3.63) is 54.1 Å². The van der Waals surface area contributed by atoms with E-state index in [1.54, 1.807) is 18.3 Å². The van der Waals surface area contributed by atoms with Crippen LogP contribution < -0.4 is 20.5 Å². The van der Waals surface area contributed by atoms with Crippen molar-refractivity contribution in [2.45, 2.75) is 19.6 Å². The molecule has 2 N–H and O–H groups in total. The topological polar surface area (TPSA) is 90.0 Å². The van der Waals surface area contributed by atoms with Crippen LogP contribution >= 0.6 is 0 Å². The molecule has 32 heavy (non-hydrogen) atoms. The second-order valence-electron chi connectivity index (χ2n) is 7.83. The van der Waals surface area contributed by atoms with Gasteiger partial charge in [0.1, 0.15) is 11.9 Å². The number of aromatic nitrogens is 1. The molecule has 0 spiro atoms. The maximum absolute atomic E-state index is 15.0. The summed E-state index contributed by atoms with van der Waals surface area (Å²) in [6, 6.07) is 10.6. The van der Waals surface area contributed by atoms with Gasteiger partial charge in [-0.1, -0.05) is 6.07 Å². The number of rotatable bonds is 6. The SMILES string of the molecule is CC(=O)NC[C@H]1CN(c2ccc(N3CCNN(Cc4ccccn4)CC3)c(F)c2)C(=O)O1. The number of pyridine rings is 1. The number of carbonyl (C=O) groups is 2. The zero-order chi connectivity index (χ0) is 22.5. The van der Waals surface area contributed by atoms with E-state index >= 15 is 4.39 Å². The van der Waals surface area contributed by atoms with Crippen molar-refractivity contribution >= 4 is 23.4 Å². The van der Waals surface area contributed by atoms with E-state index < -0.39 is 18.0 Å². The minimum Gasteiger partial charge on any atom is -0.442 e. The molecule has 1 aromatic heterocycles. The van der Waals surface area contributed by atoms with Crippen LogP contribution in [0.4, 0.5) is 20.6 Å². The third-order valence-electron chi connectivity index (χ3n) is 5.47. The number of hydrogen-bond donors (Lipinski definition) is 2. The molecule has 2 amide bonds. The van der Waals surface area contributed by atoms with Crippen molar-refractivity contribution in [2.24, 2.45) is 0 Å². The van der Waals surface area contributed by atoms with Crippen LogP contribution in [0, 0.1) is 5.82 Å². The molecular formula is C22H27FN6O3. The number of benzene rings is 1. The summed E-state index contributed by atoms with van der Waals surface area (Å²) < 4.78 is 20.3. The largest absolute Gasteiger partial charge is 0.442 e. The first kappa shape index (κ1) is 22.0. The lowest BCUT2D eigenvalue weighted by molar-refractivity contribution is -0.119. The molecule has 2 aliphatic rings. The Morgan fingerprint density at radius 1 is 1.28 bits per heavy atom. The van der Waals surface area contributed by atoms with Gasteiger partial charge in [-0.25, -0.2) is 14.2 Å². The summed E-state index contributed by atoms with van der Waals surface area (Å²) in [5.74, 6) is -0.584. The zero-order valence-corrected chi connectivity index (χ0v) is 18.0. The van der Waals surface area contributed by atoms with Gasteiger partial charge in [-0.15, -0.1) is 0 Å². The van der Waals surface area contributed by atoms with Crippen LogP contribution in [-0.4, -0.2) is 67.4 Å². The first-order valence-corrected chi connectivity index (χ1v) is 10.6. The van der Waals surface area contributed by atoms with Gasteiger partial charge in [0.2, 0.25) is 5.91 Å². The molecule has 2 aliphatic heterocycles. The molecule has 0 aliphatic carbocycles. The number of cyclic esters (lactones) is 1. The maximum Gasteiger partial charge on any atom is 0.414 e. The highest BCUT2D eigenvalue weighted by atomic mass is 19.1. The summed E-state index contributed by atoms with van der Waals surface area (Å²) in [6.07, 6.45) is 0.766. The predicted molar refractivity (Wildman–Crippen MR) is 118 cm³/mol. The average molecular weight is 442 g/mol. The Bertz CT molecular complexity index is 960. The van der Waals surface area contributed by atoms with Crippen LogP contribution in [0.2, 0.25) is 0 Å². The predicted octanol–water partition coefficient (Wildman–Crippen LogP) is 1.51. The molecule has 2 fully saturated rings. The lowest BCUT2D eigenvalue weighted by atomic mass is 10.2. The van der Waals surface area contributed by atoms with Crippen molar-refractivity contribution in [2.75, 3.05) is 49.1 Å². The molecule has 9 nitrogen and oxygen atoms in total. The Labute approximate surface area is 186 Å². The number of nitrogens with zero attached hydrogens (tertiary/aromatic N) is 4. The molecule has 0 bridgehead atoms. The molecule has 0 saturated carbocycles. The second kappa shape index (κ2) is 9.92. The molecule has 1 atom stereocenters. The van der Waals surface area contributed by atoms with Crippen molar-refractivity contribution in [1.82, 2.24) is 20.7 Å². The molecule has 0 unspecified atom stereocenters. The van der Waals surface area contributed by atoms with Crippen molar-refractivity contribution in [3.8, 4) is 0 Å². The molecule has 170 valence electrons. The highest BCUT2D eigenvalue weighted by Gasteiger charge is 2.33. The van der Waals surface area contributed by atoms with E-state index in [9.17, 15) is 9.59 Å². The fourth-order valence-corrected chi connectivity index (χ4v) is 3.85. The van der Waals surface area contributed by atoms with Crippen LogP contribution in [0.5, 0.6) is 0 Å². The Kier molecular flexibility index (Phi) is 6.81. The van der Waals surface area contributed by atoms with Gasteiger partial charge in [-0.2, -0.15) is 0 Å². The first-order valence-electron chi connectivity index (χ1n) is 10.6. The van der Waals surface area contributed by atoms with E-state index in [0.717, 1.165) is 5.69 Å². The summed E-state index contributed by atoms with van der Waals surface area (Å²) in [5, 5.41) is 4.72. The Balaban J connectivity index is 1.38. The highest BCUT2D eigenvalue weighted by molar-refractivity contribution is 5.90. The van der Waals surface area contributed by atoms with Gasteiger partial charge in [0.05, 0.1) is 36.7 Å². The molecule has 1 aromatic carbocycles. The van der Waals surface area contributed by atoms with E-state index in [2.05, 4.69) is 20.7 Å². The van der Waals surface area contributed by atoms with Crippen LogP contribution in [0.15, 0.2) is 42.6 Å². The molecule has 3 heterocycles. The Morgan fingerprint density at radius 2 is 2.16 bits per heavy atom. The third-order valence-corrected chi connectivity index (χ3v) is 5.47. The number of carbonyl (C=O) groups excluding carboxylic acids is 2. The first-order chi connectivity index (χ1) is 15.5. The van der Waals surface area contributed by atoms with E-state index in [1.165, 1.54) is 17.9 Å². The fraction of sp³-hybridized carbons (Fsp3) is 0.409. The number of anilines is 2. The minimum atomic E-state index is -0.545. The number of hydrazine groups is 1. The molecule has 2 saturated heterocycles. The number of halogens is 1. The highest BCUT2D eigenvalue weighted by Crippen LogP contribution is 2.28. The smallest absolute Gasteiger partial charge is 0.414 e. The number of hydrogen-bond acceptors (Lipinski definition) is 7. The van der Waals surface area contributed by atoms with Gasteiger partial charge in [-0.3, -0.25) is 20.1 Å². The second-order valence-corrected chi connectivity index (χ2v) is 7.83. The minimum absolute atomic E-state index is 0.194. The van der Waals surface area contributed by atoms with E-state index in [1.807, 2.05) is 23.1 Å². The number of amides is 2. The summed E-state index contributed by atoms with van der Waals surface area (Å²) in [6.45, 7) is 5.26. The van der Waals surface area contributed by atoms with Crippen LogP contribution in [0.25, 0.3) is 0 Å². The summed E-state index contributed by atoms with van der Waals surface area (Å²) in [7, 11) is 0. The van der Waals surface area contributed by atoms with Crippen molar-refractivity contribution in [1.29, 1.82) is 0 Å². The fourth-order valence-electron chi connectivity index (χ4n) is 3.85. The summed E-state index contributed by atoms with van der Waals surface area (Å²) in [5.41, 5.74) is 5.27. The monoisotopic (exact) mass is 442 g/mol. The normalized spacial score (nSPS) is 19.6. The zero-order valence-electron chi connectivity index (χ0n) is 18.0. The maximum atomic E-state index is 15.0. The van der Waals surface area contributed by atoms with Gasteiger partial charge in [0.25, 0.3) is 0 Å². The number of ether oxygens (including phenoxy) is 1. The standard InChI is InChI=1S/C22H27FN6O3/c1-16(30)25-13-19-15-29(22(31)32-19)18-5-6-21(20(23)12-18)27-9-8-26-28(11-10-27)14-17-4-2-3-7-24-17/h2-7,12,19,26H,8-11,13-15H2,1H3,(H,25,30)/t19-/m0/s1. The lowest BCUT2D eigenvalue weighted by Crippen LogP contribution is -2.38. The van der Waals surface area contributed by atoms with Crippen LogP contribution in [-0.2, 0) is 16.1 Å². The summed E-state index contributed by atoms with van der Waals surface area (Å²) in [4.78, 5) is 31.0. The molecular weight excluding hydrogens is 415 g/mol. The van der Waals surface area contributed by atoms with Gasteiger partial charge < -0.3 is 15.0 Å². The summed E-state index contributed by atoms with van der Waals surface area (Å²) >= 11 is 0. The van der Waals surface area contributed by atoms with Crippen molar-refractivity contribution < 1.29 is 18.7 Å². The van der Waals surface area contributed by atoms with Gasteiger partial charge in [-0.05, 0) is 30.3 Å². The lowest BCUT2D eigenvalue weighted by Gasteiger charge is -2.24. The molecule has 10 heteroatoms. The Hall–Kier alpha value is -3.24. The third kappa shape index (κ3) is 5.32. The van der Waals surface area contributed by atoms with Gasteiger partial charge in [0.15, 0.2) is 0 Å². The molecule has 2 aromatic rings.